The number of amides is 1. The summed E-state index contributed by atoms with van der Waals surface area (Å²) in [5.41, 5.74) is 3.62. The van der Waals surface area contributed by atoms with Crippen molar-refractivity contribution in [2.45, 2.75) is 20.0 Å². The van der Waals surface area contributed by atoms with E-state index >= 15 is 0 Å². The molecule has 6 nitrogen and oxygen atoms in total. The number of anilines is 1. The van der Waals surface area contributed by atoms with Gasteiger partial charge in [-0.15, -0.1) is 0 Å². The van der Waals surface area contributed by atoms with Crippen molar-refractivity contribution in [3.8, 4) is 0 Å². The van der Waals surface area contributed by atoms with E-state index in [2.05, 4.69) is 56.8 Å². The number of aromatic nitrogens is 3. The van der Waals surface area contributed by atoms with Gasteiger partial charge in [-0.25, -0.2) is 9.97 Å². The van der Waals surface area contributed by atoms with Crippen molar-refractivity contribution in [1.29, 1.82) is 0 Å². The highest BCUT2D eigenvalue weighted by molar-refractivity contribution is 5.92. The molecular weight excluding hydrogens is 314 g/mol. The molecule has 0 atom stereocenters. The Balaban J connectivity index is 1.58. The predicted octanol–water partition coefficient (Wildman–Crippen LogP) is 2.72. The highest BCUT2D eigenvalue weighted by Crippen LogP contribution is 2.08. The molecule has 3 rings (SSSR count). The molecule has 2 heterocycles. The minimum Gasteiger partial charge on any atom is -0.366 e. The number of hydrogen-bond donors (Lipinski definition) is 2. The van der Waals surface area contributed by atoms with E-state index in [4.69, 9.17) is 0 Å². The molecule has 0 saturated heterocycles. The zero-order valence-electron chi connectivity index (χ0n) is 13.9. The summed E-state index contributed by atoms with van der Waals surface area (Å²) in [6.07, 6.45) is 4.80. The second-order valence-electron chi connectivity index (χ2n) is 5.67. The fourth-order valence-corrected chi connectivity index (χ4v) is 2.25. The summed E-state index contributed by atoms with van der Waals surface area (Å²) in [4.78, 5) is 24.5. The summed E-state index contributed by atoms with van der Waals surface area (Å²) >= 11 is 0. The zero-order valence-corrected chi connectivity index (χ0v) is 13.9. The molecule has 25 heavy (non-hydrogen) atoms. The van der Waals surface area contributed by atoms with E-state index in [0.29, 0.717) is 24.6 Å². The lowest BCUT2D eigenvalue weighted by molar-refractivity contribution is 0.0945. The van der Waals surface area contributed by atoms with Crippen molar-refractivity contribution < 1.29 is 4.79 Å². The van der Waals surface area contributed by atoms with Crippen LogP contribution < -0.4 is 10.6 Å². The van der Waals surface area contributed by atoms with Crippen molar-refractivity contribution in [1.82, 2.24) is 20.3 Å². The third kappa shape index (κ3) is 4.84. The molecule has 0 aliphatic rings. The van der Waals surface area contributed by atoms with Crippen LogP contribution in [0, 0.1) is 6.92 Å². The van der Waals surface area contributed by atoms with Crippen LogP contribution in [0.25, 0.3) is 0 Å². The first-order valence-corrected chi connectivity index (χ1v) is 7.99. The third-order valence-electron chi connectivity index (χ3n) is 3.67. The number of pyridine rings is 1. The maximum atomic E-state index is 12.2. The number of rotatable bonds is 6. The molecule has 2 aromatic heterocycles. The molecule has 1 aromatic carbocycles. The van der Waals surface area contributed by atoms with E-state index in [0.717, 1.165) is 11.1 Å². The van der Waals surface area contributed by atoms with Gasteiger partial charge < -0.3 is 10.6 Å². The Morgan fingerprint density at radius 2 is 1.88 bits per heavy atom. The number of carbonyl (C=O) groups is 1. The van der Waals surface area contributed by atoms with E-state index in [9.17, 15) is 4.79 Å². The molecule has 126 valence electrons. The Bertz CT molecular complexity index is 834. The van der Waals surface area contributed by atoms with Gasteiger partial charge in [-0.05, 0) is 24.1 Å². The van der Waals surface area contributed by atoms with Gasteiger partial charge in [-0.2, -0.15) is 0 Å². The number of carbonyl (C=O) groups excluding carboxylic acids is 1. The van der Waals surface area contributed by atoms with Crippen LogP contribution in [0.2, 0.25) is 0 Å². The summed E-state index contributed by atoms with van der Waals surface area (Å²) in [6.45, 7) is 3.09. The lowest BCUT2D eigenvalue weighted by Gasteiger charge is -2.08. The van der Waals surface area contributed by atoms with Crippen LogP contribution in [-0.2, 0) is 13.1 Å². The maximum Gasteiger partial charge on any atom is 0.270 e. The Morgan fingerprint density at radius 3 is 2.64 bits per heavy atom. The monoisotopic (exact) mass is 333 g/mol. The Morgan fingerprint density at radius 1 is 1.04 bits per heavy atom. The summed E-state index contributed by atoms with van der Waals surface area (Å²) in [6, 6.07) is 13.6. The van der Waals surface area contributed by atoms with E-state index in [1.165, 1.54) is 11.9 Å². The van der Waals surface area contributed by atoms with Gasteiger partial charge in [-0.1, -0.05) is 35.9 Å². The number of hydrogen-bond acceptors (Lipinski definition) is 5. The van der Waals surface area contributed by atoms with Gasteiger partial charge >= 0.3 is 0 Å². The fourth-order valence-electron chi connectivity index (χ4n) is 2.25. The highest BCUT2D eigenvalue weighted by Gasteiger charge is 2.08. The van der Waals surface area contributed by atoms with E-state index in [1.807, 2.05) is 12.1 Å². The lowest BCUT2D eigenvalue weighted by Crippen LogP contribution is -2.24. The molecule has 0 radical (unpaired) electrons. The summed E-state index contributed by atoms with van der Waals surface area (Å²) in [7, 11) is 0. The highest BCUT2D eigenvalue weighted by atomic mass is 16.1. The van der Waals surface area contributed by atoms with Crippen molar-refractivity contribution in [3.05, 3.63) is 83.6 Å². The molecular formula is C19H19N5O. The first kappa shape index (κ1) is 16.6. The molecule has 0 unspecified atom stereocenters. The van der Waals surface area contributed by atoms with Crippen molar-refractivity contribution in [2.24, 2.45) is 0 Å². The van der Waals surface area contributed by atoms with Crippen molar-refractivity contribution in [2.75, 3.05) is 5.32 Å². The number of benzene rings is 1. The van der Waals surface area contributed by atoms with Crippen LogP contribution >= 0.6 is 0 Å². The summed E-state index contributed by atoms with van der Waals surface area (Å²) in [5.74, 6) is 0.367. The molecule has 0 saturated carbocycles. The molecule has 6 heteroatoms. The van der Waals surface area contributed by atoms with Crippen LogP contribution in [0.15, 0.2) is 61.2 Å². The number of aryl methyl sites for hydroxylation is 1. The molecule has 1 amide bonds. The molecule has 0 fully saturated rings. The molecule has 0 spiro atoms. The van der Waals surface area contributed by atoms with Gasteiger partial charge in [0.1, 0.15) is 17.8 Å². The van der Waals surface area contributed by atoms with Crippen LogP contribution in [0.1, 0.15) is 27.2 Å². The van der Waals surface area contributed by atoms with Crippen LogP contribution in [0.5, 0.6) is 0 Å². The zero-order chi connectivity index (χ0) is 17.5. The molecule has 2 N–H and O–H groups in total. The normalized spacial score (nSPS) is 10.3. The largest absolute Gasteiger partial charge is 0.366 e. The third-order valence-corrected chi connectivity index (χ3v) is 3.67. The molecule has 0 aliphatic carbocycles. The second-order valence-corrected chi connectivity index (χ2v) is 5.67. The Kier molecular flexibility index (Phi) is 5.31. The van der Waals surface area contributed by atoms with Gasteiger partial charge in [-0.3, -0.25) is 9.78 Å². The second kappa shape index (κ2) is 8.01. The maximum absolute atomic E-state index is 12.2. The van der Waals surface area contributed by atoms with Crippen LogP contribution in [0.4, 0.5) is 5.82 Å². The lowest BCUT2D eigenvalue weighted by atomic mass is 10.1. The molecule has 0 aliphatic heterocycles. The minimum absolute atomic E-state index is 0.246. The van der Waals surface area contributed by atoms with Crippen molar-refractivity contribution in [3.63, 3.8) is 0 Å². The van der Waals surface area contributed by atoms with E-state index < -0.39 is 0 Å². The predicted molar refractivity (Wildman–Crippen MR) is 95.9 cm³/mol. The van der Waals surface area contributed by atoms with E-state index in [-0.39, 0.29) is 5.91 Å². The Labute approximate surface area is 146 Å². The molecule has 3 aromatic rings. The van der Waals surface area contributed by atoms with Gasteiger partial charge in [0.2, 0.25) is 0 Å². The average Bonchev–Trinajstić information content (AvgIpc) is 2.67. The van der Waals surface area contributed by atoms with Crippen LogP contribution in [-0.4, -0.2) is 20.9 Å². The first-order chi connectivity index (χ1) is 12.2. The van der Waals surface area contributed by atoms with Gasteiger partial charge in [0.05, 0.1) is 0 Å². The van der Waals surface area contributed by atoms with Crippen LogP contribution in [0.3, 0.4) is 0 Å². The van der Waals surface area contributed by atoms with Gasteiger partial charge in [0, 0.05) is 31.5 Å². The first-order valence-electron chi connectivity index (χ1n) is 7.99. The SMILES string of the molecule is Cc1ccc(CNc2cc(C(=O)NCc3cccnc3)ncn2)cc1. The average molecular weight is 333 g/mol. The number of nitrogens with one attached hydrogen (secondary N) is 2. The minimum atomic E-state index is -0.246. The summed E-state index contributed by atoms with van der Waals surface area (Å²) < 4.78 is 0. The van der Waals surface area contributed by atoms with Crippen molar-refractivity contribution >= 4 is 11.7 Å². The van der Waals surface area contributed by atoms with E-state index in [1.54, 1.807) is 18.5 Å². The smallest absolute Gasteiger partial charge is 0.270 e. The van der Waals surface area contributed by atoms with Gasteiger partial charge in [0.25, 0.3) is 5.91 Å². The quantitative estimate of drug-likeness (QED) is 0.725. The number of nitrogens with zero attached hydrogens (tertiary/aromatic N) is 3. The summed E-state index contributed by atoms with van der Waals surface area (Å²) in [5, 5.41) is 6.03. The molecule has 0 bridgehead atoms. The standard InChI is InChI=1S/C19H19N5O/c1-14-4-6-15(7-5-14)11-21-18-9-17(23-13-24-18)19(25)22-12-16-3-2-8-20-10-16/h2-10,13H,11-12H2,1H3,(H,22,25)(H,21,23,24). The topological polar surface area (TPSA) is 79.8 Å². The fraction of sp³-hybridized carbons (Fsp3) is 0.158. The Hall–Kier alpha value is -3.28. The van der Waals surface area contributed by atoms with Gasteiger partial charge in [0.15, 0.2) is 0 Å².